The molecule has 1 saturated heterocycles. The lowest BCUT2D eigenvalue weighted by Gasteiger charge is -2.46. The summed E-state index contributed by atoms with van der Waals surface area (Å²) in [6, 6.07) is 12.8. The number of rotatable bonds is 8. The molecule has 0 spiro atoms. The Morgan fingerprint density at radius 3 is 2.58 bits per heavy atom. The molecule has 11 nitrogen and oxygen atoms in total. The van der Waals surface area contributed by atoms with Gasteiger partial charge in [0, 0.05) is 6.92 Å². The number of carbonyl (C=O) groups is 2. The van der Waals surface area contributed by atoms with Crippen molar-refractivity contribution in [2.75, 3.05) is 6.61 Å². The fourth-order valence-corrected chi connectivity index (χ4v) is 5.12. The van der Waals surface area contributed by atoms with Gasteiger partial charge in [0.25, 0.3) is 0 Å². The van der Waals surface area contributed by atoms with Crippen molar-refractivity contribution in [3.05, 3.63) is 48.5 Å². The van der Waals surface area contributed by atoms with Crippen LogP contribution in [-0.4, -0.2) is 85.2 Å². The Kier molecular flexibility index (Phi) is 7.54. The molecule has 2 aromatic carbocycles. The molecule has 0 saturated carbocycles. The number of aromatic nitrogens is 1. The van der Waals surface area contributed by atoms with E-state index in [-0.39, 0.29) is 5.75 Å². The number of nitrogens with one attached hydrogen (secondary N) is 1. The van der Waals surface area contributed by atoms with Crippen molar-refractivity contribution in [1.29, 1.82) is 0 Å². The molecule has 6 atom stereocenters. The lowest BCUT2D eigenvalue weighted by atomic mass is 9.88. The highest BCUT2D eigenvalue weighted by Crippen LogP contribution is 2.40. The van der Waals surface area contributed by atoms with Gasteiger partial charge in [0.15, 0.2) is 0 Å². The van der Waals surface area contributed by atoms with E-state index in [0.29, 0.717) is 10.6 Å². The molecule has 1 aliphatic rings. The van der Waals surface area contributed by atoms with E-state index in [9.17, 15) is 35.1 Å². The lowest BCUT2D eigenvalue weighted by Crippen LogP contribution is -2.68. The summed E-state index contributed by atoms with van der Waals surface area (Å²) in [4.78, 5) is 28.8. The largest absolute Gasteiger partial charge is 0.476 e. The van der Waals surface area contributed by atoms with Gasteiger partial charge < -0.3 is 40.3 Å². The first-order valence-electron chi connectivity index (χ1n) is 11.1. The minimum Gasteiger partial charge on any atom is -0.476 e. The average Bonchev–Trinajstić information content (AvgIpc) is 3.28. The average molecular weight is 519 g/mol. The number of amides is 1. The van der Waals surface area contributed by atoms with Crippen molar-refractivity contribution in [2.24, 2.45) is 0 Å². The van der Waals surface area contributed by atoms with E-state index in [1.54, 1.807) is 18.2 Å². The predicted molar refractivity (Wildman–Crippen MR) is 128 cm³/mol. The summed E-state index contributed by atoms with van der Waals surface area (Å²) in [7, 11) is 0. The minimum absolute atomic E-state index is 0.0973. The third-order valence-corrected chi connectivity index (χ3v) is 6.94. The van der Waals surface area contributed by atoms with E-state index in [4.69, 9.17) is 9.47 Å². The number of carboxylic acids is 1. The van der Waals surface area contributed by atoms with Gasteiger partial charge >= 0.3 is 11.8 Å². The molecule has 3 aromatic rings. The first kappa shape index (κ1) is 25.9. The van der Waals surface area contributed by atoms with Gasteiger partial charge in [-0.3, -0.25) is 4.79 Å². The Bertz CT molecular complexity index is 1220. The number of hydrogen-bond acceptors (Lipinski definition) is 10. The molecule has 1 aromatic heterocycles. The monoisotopic (exact) mass is 518 g/mol. The maximum atomic E-state index is 12.5. The Hall–Kier alpha value is -3.13. The molecular formula is C24H26N2O9S. The first-order valence-corrected chi connectivity index (χ1v) is 11.9. The fraction of sp³-hybridized carbons (Fsp3) is 0.375. The molecule has 0 bridgehead atoms. The van der Waals surface area contributed by atoms with E-state index >= 15 is 0 Å². The second-order valence-electron chi connectivity index (χ2n) is 8.46. The van der Waals surface area contributed by atoms with Crippen LogP contribution in [0.1, 0.15) is 13.3 Å². The van der Waals surface area contributed by atoms with E-state index in [1.165, 1.54) is 24.3 Å². The van der Waals surface area contributed by atoms with Crippen molar-refractivity contribution in [3.8, 4) is 16.3 Å². The zero-order chi connectivity index (χ0) is 26.0. The number of aliphatic hydroxyl groups is 4. The van der Waals surface area contributed by atoms with Crippen LogP contribution in [0.15, 0.2) is 48.5 Å². The Morgan fingerprint density at radius 1 is 1.22 bits per heavy atom. The van der Waals surface area contributed by atoms with Crippen LogP contribution in [-0.2, 0) is 14.3 Å². The maximum absolute atomic E-state index is 12.5. The van der Waals surface area contributed by atoms with Crippen LogP contribution in [0.5, 0.6) is 5.75 Å². The Labute approximate surface area is 209 Å². The second-order valence-corrected chi connectivity index (χ2v) is 9.49. The normalized spacial score (nSPS) is 25.8. The van der Waals surface area contributed by atoms with Crippen LogP contribution in [0.25, 0.3) is 20.8 Å². The van der Waals surface area contributed by atoms with Gasteiger partial charge in [-0.15, -0.1) is 11.3 Å². The van der Waals surface area contributed by atoms with Crippen molar-refractivity contribution in [3.63, 3.8) is 0 Å². The molecule has 12 heteroatoms. The molecule has 1 aliphatic heterocycles. The quantitative estimate of drug-likeness (QED) is 0.246. The summed E-state index contributed by atoms with van der Waals surface area (Å²) in [6.45, 7) is 0.299. The lowest BCUT2D eigenvalue weighted by molar-refractivity contribution is -0.284. The van der Waals surface area contributed by atoms with Gasteiger partial charge in [0.05, 0.1) is 41.0 Å². The number of aliphatic hydroxyl groups excluding tert-OH is 4. The van der Waals surface area contributed by atoms with E-state index in [2.05, 4.69) is 10.3 Å². The number of hydrogen-bond donors (Lipinski definition) is 6. The summed E-state index contributed by atoms with van der Waals surface area (Å²) in [5, 5.41) is 53.8. The zero-order valence-electron chi connectivity index (χ0n) is 19.1. The van der Waals surface area contributed by atoms with Crippen LogP contribution in [0.2, 0.25) is 0 Å². The smallest absolute Gasteiger partial charge is 0.377 e. The highest BCUT2D eigenvalue weighted by atomic mass is 32.1. The van der Waals surface area contributed by atoms with Gasteiger partial charge in [0.2, 0.25) is 5.91 Å². The predicted octanol–water partition coefficient (Wildman–Crippen LogP) is 0.492. The van der Waals surface area contributed by atoms with Crippen molar-refractivity contribution in [2.45, 2.75) is 49.6 Å². The number of nitrogens with zero attached hydrogens (tertiary/aromatic N) is 1. The van der Waals surface area contributed by atoms with Gasteiger partial charge in [-0.05, 0) is 24.3 Å². The molecule has 6 N–H and O–H groups in total. The molecule has 2 heterocycles. The number of ether oxygens (including phenoxy) is 2. The molecule has 0 unspecified atom stereocenters. The Morgan fingerprint density at radius 2 is 1.92 bits per heavy atom. The van der Waals surface area contributed by atoms with E-state index in [1.807, 2.05) is 24.3 Å². The highest BCUT2D eigenvalue weighted by molar-refractivity contribution is 7.21. The van der Waals surface area contributed by atoms with Gasteiger partial charge in [-0.1, -0.05) is 24.3 Å². The second kappa shape index (κ2) is 10.5. The molecule has 0 aliphatic carbocycles. The topological polar surface area (TPSA) is 179 Å². The number of carboxylic acid groups (broad SMARTS) is 1. The molecule has 36 heavy (non-hydrogen) atoms. The number of benzene rings is 2. The first-order chi connectivity index (χ1) is 17.1. The summed E-state index contributed by atoms with van der Waals surface area (Å²) in [6.07, 6.45) is -7.38. The van der Waals surface area contributed by atoms with Crippen LogP contribution in [0.3, 0.4) is 0 Å². The summed E-state index contributed by atoms with van der Waals surface area (Å²) in [5.41, 5.74) is 1.23. The molecule has 4 rings (SSSR count). The van der Waals surface area contributed by atoms with Crippen LogP contribution in [0.4, 0.5) is 0 Å². The van der Waals surface area contributed by atoms with E-state index in [0.717, 1.165) is 10.2 Å². The maximum Gasteiger partial charge on any atom is 0.377 e. The van der Waals surface area contributed by atoms with Crippen molar-refractivity contribution < 1.29 is 44.6 Å². The number of carbonyl (C=O) groups excluding carboxylic acids is 1. The number of thiazole rings is 1. The SMILES string of the molecule is CC(=O)N[C@H]1[C@H]([C@H](O)[C@H](O)CO)O[C@@](Oc2ccccc2-c2nc3ccccc3s2)(C(=O)O)C[C@@H]1O. The third-order valence-electron chi connectivity index (χ3n) is 5.87. The third kappa shape index (κ3) is 5.05. The fourth-order valence-electron chi connectivity index (χ4n) is 4.13. The zero-order valence-corrected chi connectivity index (χ0v) is 20.0. The van der Waals surface area contributed by atoms with Crippen LogP contribution < -0.4 is 10.1 Å². The molecule has 1 amide bonds. The van der Waals surface area contributed by atoms with Gasteiger partial charge in [-0.2, -0.15) is 0 Å². The van der Waals surface area contributed by atoms with Crippen molar-refractivity contribution >= 4 is 33.4 Å². The minimum atomic E-state index is -2.50. The molecule has 192 valence electrons. The summed E-state index contributed by atoms with van der Waals surface area (Å²) in [5.74, 6) is -4.58. The number of aliphatic carboxylic acids is 1. The van der Waals surface area contributed by atoms with Crippen LogP contribution >= 0.6 is 11.3 Å². The molecule has 1 fully saturated rings. The number of fused-ring (bicyclic) bond motifs is 1. The molecule has 0 radical (unpaired) electrons. The van der Waals surface area contributed by atoms with E-state index < -0.39 is 61.1 Å². The standard InChI is InChI=1S/C24H26N2O9S/c1-12(28)25-19-15(29)10-24(23(32)33,35-21(19)20(31)16(30)11-27)34-17-8-4-2-6-13(17)22-26-14-7-3-5-9-18(14)36-22/h2-9,15-16,19-21,27,29-31H,10-11H2,1H3,(H,25,28)(H,32,33)/t15-,16+,19+,20+,21+,24+/m0/s1. The molecular weight excluding hydrogens is 492 g/mol. The Balaban J connectivity index is 1.73. The van der Waals surface area contributed by atoms with Crippen LogP contribution in [0, 0.1) is 0 Å². The van der Waals surface area contributed by atoms with Crippen molar-refractivity contribution in [1.82, 2.24) is 10.3 Å². The van der Waals surface area contributed by atoms with Gasteiger partial charge in [-0.25, -0.2) is 9.78 Å². The summed E-state index contributed by atoms with van der Waals surface area (Å²) < 4.78 is 12.6. The highest BCUT2D eigenvalue weighted by Gasteiger charge is 2.56. The summed E-state index contributed by atoms with van der Waals surface area (Å²) >= 11 is 1.38. The number of para-hydroxylation sites is 2. The van der Waals surface area contributed by atoms with Gasteiger partial charge in [0.1, 0.15) is 29.1 Å².